The predicted molar refractivity (Wildman–Crippen MR) is 121 cm³/mol. The number of nitrogens with zero attached hydrogens (tertiary/aromatic N) is 1. The van der Waals surface area contributed by atoms with Crippen LogP contribution >= 0.6 is 0 Å². The zero-order valence-corrected chi connectivity index (χ0v) is 19.5. The third kappa shape index (κ3) is 6.23. The molecule has 1 heterocycles. The van der Waals surface area contributed by atoms with Crippen molar-refractivity contribution >= 4 is 21.9 Å². The van der Waals surface area contributed by atoms with Crippen molar-refractivity contribution in [2.75, 3.05) is 40.5 Å². The summed E-state index contributed by atoms with van der Waals surface area (Å²) in [4.78, 5) is 24.4. The number of hydrogen-bond donors (Lipinski definition) is 1. The van der Waals surface area contributed by atoms with Crippen molar-refractivity contribution in [3.8, 4) is 11.5 Å². The molecular weight excluding hydrogens is 448 g/mol. The van der Waals surface area contributed by atoms with Crippen LogP contribution in [0.5, 0.6) is 11.5 Å². The second kappa shape index (κ2) is 11.2. The van der Waals surface area contributed by atoms with Crippen LogP contribution < -0.4 is 14.8 Å². The first kappa shape index (κ1) is 24.5. The van der Waals surface area contributed by atoms with Crippen LogP contribution in [0.4, 0.5) is 0 Å². The van der Waals surface area contributed by atoms with Gasteiger partial charge in [0.2, 0.25) is 10.0 Å². The van der Waals surface area contributed by atoms with Crippen molar-refractivity contribution in [3.05, 3.63) is 53.6 Å². The summed E-state index contributed by atoms with van der Waals surface area (Å²) in [5, 5.41) is 2.69. The number of methoxy groups -OCH3 is 2. The summed E-state index contributed by atoms with van der Waals surface area (Å²) in [7, 11) is -0.838. The van der Waals surface area contributed by atoms with E-state index in [1.165, 1.54) is 29.6 Å². The standard InChI is InChI=1S/C23H28N2O7S/c1-30-19-8-5-17(6-9-19)11-12-24-22(26)16-32-23(27)18-7-10-20(31-2)21(15-18)33(28,29)25-13-3-4-14-25/h5-10,15H,3-4,11-14,16H2,1-2H3,(H,24,26). The number of amides is 1. The van der Waals surface area contributed by atoms with Gasteiger partial charge in [0.25, 0.3) is 5.91 Å². The summed E-state index contributed by atoms with van der Waals surface area (Å²) < 4.78 is 42.6. The Kier molecular flexibility index (Phi) is 8.29. The zero-order chi connectivity index (χ0) is 23.8. The van der Waals surface area contributed by atoms with E-state index in [1.54, 1.807) is 7.11 Å². The Morgan fingerprint density at radius 1 is 1.00 bits per heavy atom. The first-order valence-corrected chi connectivity index (χ1v) is 12.0. The van der Waals surface area contributed by atoms with Gasteiger partial charge in [0, 0.05) is 19.6 Å². The van der Waals surface area contributed by atoms with E-state index in [0.717, 1.165) is 24.2 Å². The van der Waals surface area contributed by atoms with Crippen LogP contribution in [0, 0.1) is 0 Å². The molecule has 2 aromatic carbocycles. The lowest BCUT2D eigenvalue weighted by molar-refractivity contribution is -0.124. The quantitative estimate of drug-likeness (QED) is 0.522. The van der Waals surface area contributed by atoms with Gasteiger partial charge in [0.15, 0.2) is 6.61 Å². The van der Waals surface area contributed by atoms with E-state index in [1.807, 2.05) is 24.3 Å². The lowest BCUT2D eigenvalue weighted by Crippen LogP contribution is -2.30. The monoisotopic (exact) mass is 476 g/mol. The van der Waals surface area contributed by atoms with Crippen LogP contribution in [0.3, 0.4) is 0 Å². The molecule has 1 N–H and O–H groups in total. The maximum Gasteiger partial charge on any atom is 0.338 e. The van der Waals surface area contributed by atoms with E-state index < -0.39 is 28.5 Å². The number of carbonyl (C=O) groups is 2. The minimum Gasteiger partial charge on any atom is -0.497 e. The Labute approximate surface area is 193 Å². The highest BCUT2D eigenvalue weighted by atomic mass is 32.2. The highest BCUT2D eigenvalue weighted by Gasteiger charge is 2.31. The molecule has 0 spiro atoms. The summed E-state index contributed by atoms with van der Waals surface area (Å²) in [6.45, 7) is 0.763. The van der Waals surface area contributed by atoms with Crippen molar-refractivity contribution in [2.24, 2.45) is 0 Å². The molecule has 1 saturated heterocycles. The van der Waals surface area contributed by atoms with E-state index in [0.29, 0.717) is 26.1 Å². The molecule has 0 aromatic heterocycles. The molecule has 0 unspecified atom stereocenters. The third-order valence-corrected chi connectivity index (χ3v) is 7.23. The predicted octanol–water partition coefficient (Wildman–Crippen LogP) is 2.00. The fourth-order valence-electron chi connectivity index (χ4n) is 3.48. The van der Waals surface area contributed by atoms with Crippen LogP contribution in [-0.4, -0.2) is 65.1 Å². The number of rotatable bonds is 10. The lowest BCUT2D eigenvalue weighted by atomic mass is 10.1. The van der Waals surface area contributed by atoms with Crippen LogP contribution in [0.2, 0.25) is 0 Å². The van der Waals surface area contributed by atoms with Crippen molar-refractivity contribution in [2.45, 2.75) is 24.2 Å². The van der Waals surface area contributed by atoms with Crippen LogP contribution in [0.25, 0.3) is 0 Å². The molecule has 1 aliphatic heterocycles. The van der Waals surface area contributed by atoms with E-state index in [4.69, 9.17) is 14.2 Å². The van der Waals surface area contributed by atoms with Crippen LogP contribution in [0.1, 0.15) is 28.8 Å². The number of hydrogen-bond acceptors (Lipinski definition) is 7. The van der Waals surface area contributed by atoms with E-state index in [2.05, 4.69) is 5.32 Å². The molecule has 2 aromatic rings. The normalized spacial score (nSPS) is 14.0. The molecule has 1 amide bonds. The number of carbonyl (C=O) groups excluding carboxylic acids is 2. The fourth-order valence-corrected chi connectivity index (χ4v) is 5.18. The van der Waals surface area contributed by atoms with Gasteiger partial charge in [-0.05, 0) is 55.2 Å². The molecule has 1 fully saturated rings. The molecule has 9 nitrogen and oxygen atoms in total. The van der Waals surface area contributed by atoms with Gasteiger partial charge in [-0.3, -0.25) is 4.79 Å². The Hall–Kier alpha value is -3.11. The number of nitrogens with one attached hydrogen (secondary N) is 1. The van der Waals surface area contributed by atoms with Crippen LogP contribution in [-0.2, 0) is 26.0 Å². The van der Waals surface area contributed by atoms with Gasteiger partial charge < -0.3 is 19.5 Å². The summed E-state index contributed by atoms with van der Waals surface area (Å²) in [6, 6.07) is 11.5. The molecule has 0 saturated carbocycles. The average molecular weight is 477 g/mol. The van der Waals surface area contributed by atoms with Gasteiger partial charge in [-0.1, -0.05) is 12.1 Å². The third-order valence-electron chi connectivity index (χ3n) is 5.31. The van der Waals surface area contributed by atoms with Gasteiger partial charge in [0.05, 0.1) is 19.8 Å². The molecule has 0 radical (unpaired) electrons. The summed E-state index contributed by atoms with van der Waals surface area (Å²) >= 11 is 0. The Balaban J connectivity index is 1.55. The van der Waals surface area contributed by atoms with Gasteiger partial charge in [-0.25, -0.2) is 13.2 Å². The molecule has 0 aliphatic carbocycles. The lowest BCUT2D eigenvalue weighted by Gasteiger charge is -2.18. The summed E-state index contributed by atoms with van der Waals surface area (Å²) in [5.41, 5.74) is 1.05. The Morgan fingerprint density at radius 2 is 1.70 bits per heavy atom. The summed E-state index contributed by atoms with van der Waals surface area (Å²) in [6.07, 6.45) is 2.19. The molecular formula is C23H28N2O7S. The van der Waals surface area contributed by atoms with Crippen molar-refractivity contribution < 1.29 is 32.2 Å². The minimum absolute atomic E-state index is 0.0274. The second-order valence-corrected chi connectivity index (χ2v) is 9.41. The second-order valence-electron chi connectivity index (χ2n) is 7.50. The Morgan fingerprint density at radius 3 is 2.33 bits per heavy atom. The molecule has 1 aliphatic rings. The SMILES string of the molecule is COc1ccc(CCNC(=O)COC(=O)c2ccc(OC)c(S(=O)(=O)N3CCCC3)c2)cc1. The van der Waals surface area contributed by atoms with E-state index >= 15 is 0 Å². The molecule has 3 rings (SSSR count). The number of esters is 1. The molecule has 0 bridgehead atoms. The number of benzene rings is 2. The van der Waals surface area contributed by atoms with Gasteiger partial charge in [-0.2, -0.15) is 4.31 Å². The van der Waals surface area contributed by atoms with Gasteiger partial charge in [-0.15, -0.1) is 0 Å². The zero-order valence-electron chi connectivity index (χ0n) is 18.7. The van der Waals surface area contributed by atoms with Crippen molar-refractivity contribution in [1.82, 2.24) is 9.62 Å². The van der Waals surface area contributed by atoms with E-state index in [-0.39, 0.29) is 16.2 Å². The average Bonchev–Trinajstić information content (AvgIpc) is 3.38. The fraction of sp³-hybridized carbons (Fsp3) is 0.391. The first-order chi connectivity index (χ1) is 15.8. The van der Waals surface area contributed by atoms with Gasteiger partial charge >= 0.3 is 5.97 Å². The topological polar surface area (TPSA) is 111 Å². The Bertz CT molecular complexity index is 1080. The van der Waals surface area contributed by atoms with Gasteiger partial charge in [0.1, 0.15) is 16.4 Å². The first-order valence-electron chi connectivity index (χ1n) is 10.6. The van der Waals surface area contributed by atoms with Crippen molar-refractivity contribution in [1.29, 1.82) is 0 Å². The maximum absolute atomic E-state index is 12.9. The smallest absolute Gasteiger partial charge is 0.338 e. The molecule has 33 heavy (non-hydrogen) atoms. The minimum atomic E-state index is -3.80. The highest BCUT2D eigenvalue weighted by Crippen LogP contribution is 2.30. The maximum atomic E-state index is 12.9. The molecule has 0 atom stereocenters. The number of sulfonamides is 1. The van der Waals surface area contributed by atoms with Crippen molar-refractivity contribution in [3.63, 3.8) is 0 Å². The van der Waals surface area contributed by atoms with E-state index in [9.17, 15) is 18.0 Å². The number of ether oxygens (including phenoxy) is 3. The summed E-state index contributed by atoms with van der Waals surface area (Å²) in [5.74, 6) is -0.338. The molecule has 10 heteroatoms. The highest BCUT2D eigenvalue weighted by molar-refractivity contribution is 7.89. The largest absolute Gasteiger partial charge is 0.497 e. The molecule has 178 valence electrons. The van der Waals surface area contributed by atoms with Crippen LogP contribution in [0.15, 0.2) is 47.4 Å².